The number of rotatable bonds is 3. The third-order valence-electron chi connectivity index (χ3n) is 2.65. The summed E-state index contributed by atoms with van der Waals surface area (Å²) in [5.41, 5.74) is 2.89. The highest BCUT2D eigenvalue weighted by Gasteiger charge is 1.98. The number of hydrogen-bond acceptors (Lipinski definition) is 1. The maximum atomic E-state index is 10.5. The minimum Gasteiger partial charge on any atom is -0.481 e. The molecule has 0 unspecified atom stereocenters. The van der Waals surface area contributed by atoms with Crippen LogP contribution in [0.3, 0.4) is 0 Å². The van der Waals surface area contributed by atoms with Crippen molar-refractivity contribution in [1.29, 1.82) is 0 Å². The van der Waals surface area contributed by atoms with Crippen LogP contribution < -0.4 is 0 Å². The second-order valence-electron chi connectivity index (χ2n) is 4.13. The van der Waals surface area contributed by atoms with Gasteiger partial charge in [0.15, 0.2) is 0 Å². The van der Waals surface area contributed by atoms with Gasteiger partial charge in [-0.25, -0.2) is 0 Å². The van der Waals surface area contributed by atoms with E-state index in [1.54, 1.807) is 0 Å². The summed E-state index contributed by atoms with van der Waals surface area (Å²) in [6.45, 7) is 0. The van der Waals surface area contributed by atoms with E-state index in [0.29, 0.717) is 6.42 Å². The van der Waals surface area contributed by atoms with Crippen molar-refractivity contribution in [3.63, 3.8) is 0 Å². The quantitative estimate of drug-likeness (QED) is 0.849. The fourth-order valence-corrected chi connectivity index (χ4v) is 1.62. The predicted molar refractivity (Wildman–Crippen MR) is 73.7 cm³/mol. The van der Waals surface area contributed by atoms with Crippen molar-refractivity contribution in [2.24, 2.45) is 0 Å². The summed E-state index contributed by atoms with van der Waals surface area (Å²) in [5, 5.41) is 8.61. The topological polar surface area (TPSA) is 37.3 Å². The number of hydrogen-bond donors (Lipinski definition) is 1. The van der Waals surface area contributed by atoms with Gasteiger partial charge in [0.1, 0.15) is 0 Å². The van der Waals surface area contributed by atoms with Gasteiger partial charge < -0.3 is 5.11 Å². The first-order chi connectivity index (χ1) is 9.24. The Morgan fingerprint density at radius 1 is 1.00 bits per heavy atom. The van der Waals surface area contributed by atoms with E-state index in [0.717, 1.165) is 16.7 Å². The lowest BCUT2D eigenvalue weighted by Gasteiger charge is -1.98. The lowest BCUT2D eigenvalue weighted by Crippen LogP contribution is -1.97. The van der Waals surface area contributed by atoms with Gasteiger partial charge in [-0.2, -0.15) is 0 Å². The van der Waals surface area contributed by atoms with Gasteiger partial charge >= 0.3 is 5.97 Å². The molecule has 93 valence electrons. The van der Waals surface area contributed by atoms with E-state index in [9.17, 15) is 4.79 Å². The molecule has 0 fully saturated rings. The Labute approximate surface area is 112 Å². The van der Waals surface area contributed by atoms with Crippen LogP contribution in [0.1, 0.15) is 23.1 Å². The zero-order valence-electron chi connectivity index (χ0n) is 10.4. The summed E-state index contributed by atoms with van der Waals surface area (Å²) in [6, 6.07) is 18.1. The van der Waals surface area contributed by atoms with E-state index in [4.69, 9.17) is 5.11 Å². The van der Waals surface area contributed by atoms with Crippen molar-refractivity contribution < 1.29 is 9.90 Å². The van der Waals surface area contributed by atoms with Crippen LogP contribution in [0.5, 0.6) is 0 Å². The van der Waals surface area contributed by atoms with E-state index in [-0.39, 0.29) is 6.42 Å². The first-order valence-electron chi connectivity index (χ1n) is 6.03. The minimum atomic E-state index is -0.773. The number of aliphatic carboxylic acids is 1. The van der Waals surface area contributed by atoms with Gasteiger partial charge in [0.2, 0.25) is 0 Å². The highest BCUT2D eigenvalue weighted by atomic mass is 16.4. The number of carboxylic acid groups (broad SMARTS) is 1. The Balaban J connectivity index is 2.03. The van der Waals surface area contributed by atoms with Crippen molar-refractivity contribution in [1.82, 2.24) is 0 Å². The molecular weight excluding hydrogens is 236 g/mol. The Morgan fingerprint density at radius 3 is 2.16 bits per heavy atom. The zero-order valence-corrected chi connectivity index (χ0v) is 10.4. The molecule has 2 heteroatoms. The first-order valence-corrected chi connectivity index (χ1v) is 6.03. The zero-order chi connectivity index (χ0) is 13.5. The van der Waals surface area contributed by atoms with Crippen LogP contribution in [0.2, 0.25) is 0 Å². The van der Waals surface area contributed by atoms with Crippen molar-refractivity contribution in [2.75, 3.05) is 0 Å². The monoisotopic (exact) mass is 249 g/mol. The summed E-state index contributed by atoms with van der Waals surface area (Å²) < 4.78 is 0. The van der Waals surface area contributed by atoms with Gasteiger partial charge in [-0.05, 0) is 42.3 Å². The first kappa shape index (κ1) is 12.9. The van der Waals surface area contributed by atoms with E-state index in [1.165, 1.54) is 0 Å². The van der Waals surface area contributed by atoms with E-state index in [2.05, 4.69) is 17.9 Å². The molecule has 0 spiro atoms. The molecule has 0 aliphatic carbocycles. The summed E-state index contributed by atoms with van der Waals surface area (Å²) in [5.74, 6) is 5.37. The van der Waals surface area contributed by atoms with Gasteiger partial charge in [0.25, 0.3) is 0 Å². The minimum absolute atomic E-state index is 0.158. The smallest absolute Gasteiger partial charge is 0.303 e. The maximum absolute atomic E-state index is 10.5. The van der Waals surface area contributed by atoms with Crippen molar-refractivity contribution in [2.45, 2.75) is 12.8 Å². The van der Waals surface area contributed by atoms with Crippen LogP contribution in [-0.2, 0) is 11.2 Å². The van der Waals surface area contributed by atoms with Crippen molar-refractivity contribution >= 4 is 5.97 Å². The second kappa shape index (κ2) is 6.42. The van der Waals surface area contributed by atoms with E-state index in [1.807, 2.05) is 48.5 Å². The Kier molecular flexibility index (Phi) is 4.36. The predicted octanol–water partition coefficient (Wildman–Crippen LogP) is 2.90. The molecule has 0 aliphatic heterocycles. The molecule has 0 amide bonds. The molecule has 0 atom stereocenters. The lowest BCUT2D eigenvalue weighted by atomic mass is 10.1. The van der Waals surface area contributed by atoms with E-state index >= 15 is 0 Å². The average Bonchev–Trinajstić information content (AvgIpc) is 2.45. The van der Waals surface area contributed by atoms with Crippen LogP contribution in [0, 0.1) is 17.9 Å². The summed E-state index contributed by atoms with van der Waals surface area (Å²) in [7, 11) is 0. The second-order valence-corrected chi connectivity index (χ2v) is 4.13. The number of carboxylic acids is 1. The van der Waals surface area contributed by atoms with Crippen LogP contribution >= 0.6 is 0 Å². The molecule has 0 heterocycles. The Bertz CT molecular complexity index is 601. The maximum Gasteiger partial charge on any atom is 0.303 e. The van der Waals surface area contributed by atoms with Crippen LogP contribution in [0.25, 0.3) is 0 Å². The molecule has 2 nitrogen and oxygen atoms in total. The lowest BCUT2D eigenvalue weighted by molar-refractivity contribution is -0.136. The Morgan fingerprint density at radius 2 is 1.58 bits per heavy atom. The van der Waals surface area contributed by atoms with Crippen molar-refractivity contribution in [3.8, 4) is 11.8 Å². The summed E-state index contributed by atoms with van der Waals surface area (Å²) >= 11 is 0. The molecular formula is C17H13O2. The molecule has 1 N–H and O–H groups in total. The van der Waals surface area contributed by atoms with E-state index < -0.39 is 5.97 Å². The standard InChI is InChI=1S/C17H13O2/c18-17(19)13-12-16-10-8-15(9-11-16)7-6-14-4-2-1-3-5-14/h2-5,8-11H,12-13H2,(H,18,19). The molecule has 19 heavy (non-hydrogen) atoms. The Hall–Kier alpha value is -2.53. The summed E-state index contributed by atoms with van der Waals surface area (Å²) in [6.07, 6.45) is 0.711. The molecule has 2 rings (SSSR count). The van der Waals surface area contributed by atoms with Gasteiger partial charge in [-0.1, -0.05) is 36.1 Å². The van der Waals surface area contributed by atoms with Gasteiger partial charge in [0.05, 0.1) is 0 Å². The SMILES string of the molecule is O=C(O)CCc1ccc(C#Cc2cc[c]cc2)cc1. The number of carbonyl (C=O) groups is 1. The van der Waals surface area contributed by atoms with Crippen LogP contribution in [0.4, 0.5) is 0 Å². The largest absolute Gasteiger partial charge is 0.481 e. The van der Waals surface area contributed by atoms with Crippen LogP contribution in [0.15, 0.2) is 48.5 Å². The van der Waals surface area contributed by atoms with Gasteiger partial charge in [-0.3, -0.25) is 4.79 Å². The molecule has 1 radical (unpaired) electrons. The highest BCUT2D eigenvalue weighted by molar-refractivity contribution is 5.67. The molecule has 0 saturated carbocycles. The number of benzene rings is 2. The fraction of sp³-hybridized carbons (Fsp3) is 0.118. The average molecular weight is 249 g/mol. The molecule has 0 aromatic heterocycles. The summed E-state index contributed by atoms with van der Waals surface area (Å²) in [4.78, 5) is 10.5. The molecule has 0 bridgehead atoms. The van der Waals surface area contributed by atoms with Gasteiger partial charge in [-0.15, -0.1) is 0 Å². The molecule has 0 aliphatic rings. The van der Waals surface area contributed by atoms with Crippen LogP contribution in [-0.4, -0.2) is 11.1 Å². The number of aryl methyl sites for hydroxylation is 1. The normalized spacial score (nSPS) is 9.47. The van der Waals surface area contributed by atoms with Gasteiger partial charge in [0, 0.05) is 17.5 Å². The third kappa shape index (κ3) is 4.33. The fourth-order valence-electron chi connectivity index (χ4n) is 1.62. The molecule has 0 saturated heterocycles. The van der Waals surface area contributed by atoms with Crippen molar-refractivity contribution in [3.05, 3.63) is 71.3 Å². The third-order valence-corrected chi connectivity index (χ3v) is 2.65. The molecule has 2 aromatic carbocycles. The molecule has 2 aromatic rings. The highest BCUT2D eigenvalue weighted by Crippen LogP contribution is 2.06.